The van der Waals surface area contributed by atoms with Crippen molar-refractivity contribution in [3.63, 3.8) is 0 Å². The van der Waals surface area contributed by atoms with Gasteiger partial charge in [0.2, 0.25) is 11.8 Å². The van der Waals surface area contributed by atoms with Crippen molar-refractivity contribution < 1.29 is 84.6 Å². The van der Waals surface area contributed by atoms with Crippen LogP contribution in [0.4, 0.5) is 26.3 Å². The number of hydrogen-bond acceptors (Lipinski definition) is 13. The Hall–Kier alpha value is -6.71. The standard InChI is InChI=1S/C18H21NO3.C12H16O.C10H14O.C9H17NO.C8H13F3O.C8H16O2.C6H11F3O.C5H11NO.C5H12O.CH4/c1-13(2)11-14-7-9-16(10-8-14)22-12-15-5-4-6-17(19-15)18(20)21-3;1-10(2)8-12(13)9-11-6-4-3-5-7-11;1-8(2)10(11)9-6-4-3-5-7-9;1-8(2)7-9(11)10-5-3-4-6-10;1-6(2)5-7(12)3-4-8(9,10)11;1-6(2)5-8(9)10-7(3)4;1-4(2)3-5(10)6(7,8)9;1-4(2)3-5(6)7;1-5(2)3-4-6;/h4-10,13H,11-12H2,1-3H3;3-7,10H,8-9H2,1-2H3;3-8,10-11H,1-2H3;8H,3-7H2,1-2H3;6H,3-5H2,1-2H3;6-7H,5H2,1-4H3;4-5,10H,3H2,1-2H3;4H,3H2,1-2H3,(H2,6,7);5-6H,3-4H2,1-2H3;1H4. The zero-order chi connectivity index (χ0) is 79.3. The fraction of sp³-hybridized carbons (Fsp3) is 0.646. The summed E-state index contributed by atoms with van der Waals surface area (Å²) in [7, 11) is 1.34. The smallest absolute Gasteiger partial charge is 0.414 e. The van der Waals surface area contributed by atoms with Gasteiger partial charge in [-0.1, -0.05) is 211 Å². The number of ether oxygens (including phenoxy) is 3. The number of aliphatic hydroxyl groups is 3. The summed E-state index contributed by atoms with van der Waals surface area (Å²) in [5.41, 5.74) is 9.25. The number of aliphatic hydroxyl groups excluding tert-OH is 3. The van der Waals surface area contributed by atoms with Crippen LogP contribution < -0.4 is 10.5 Å². The van der Waals surface area contributed by atoms with Gasteiger partial charge in [0, 0.05) is 64.6 Å². The van der Waals surface area contributed by atoms with E-state index >= 15 is 0 Å². The van der Waals surface area contributed by atoms with Crippen LogP contribution in [0.15, 0.2) is 103 Å². The van der Waals surface area contributed by atoms with Crippen LogP contribution in [0.1, 0.15) is 256 Å². The van der Waals surface area contributed by atoms with E-state index in [9.17, 15) is 60.2 Å². The third kappa shape index (κ3) is 68.2. The molecule has 1 aliphatic heterocycles. The van der Waals surface area contributed by atoms with E-state index in [1.54, 1.807) is 26.0 Å². The molecule has 21 heteroatoms. The zero-order valence-corrected chi connectivity index (χ0v) is 65.5. The first-order valence-corrected chi connectivity index (χ1v) is 36.0. The number of pyridine rings is 1. The van der Waals surface area contributed by atoms with Gasteiger partial charge in [0.15, 0.2) is 0 Å². The summed E-state index contributed by atoms with van der Waals surface area (Å²) in [5, 5.41) is 26.3. The van der Waals surface area contributed by atoms with Crippen LogP contribution in [0.5, 0.6) is 5.75 Å². The Bertz CT molecular complexity index is 2760. The van der Waals surface area contributed by atoms with Gasteiger partial charge in [-0.15, -0.1) is 0 Å². The van der Waals surface area contributed by atoms with E-state index in [0.717, 1.165) is 49.2 Å². The molecule has 1 fully saturated rings. The maximum absolute atomic E-state index is 11.6. The van der Waals surface area contributed by atoms with Crippen molar-refractivity contribution >= 4 is 35.3 Å². The van der Waals surface area contributed by atoms with Crippen LogP contribution >= 0.6 is 0 Å². The highest BCUT2D eigenvalue weighted by Crippen LogP contribution is 2.26. The molecule has 2 atom stereocenters. The summed E-state index contributed by atoms with van der Waals surface area (Å²) < 4.78 is 84.8. The normalized spacial score (nSPS) is 12.1. The zero-order valence-electron chi connectivity index (χ0n) is 65.5. The van der Waals surface area contributed by atoms with E-state index in [1.165, 1.54) is 25.5 Å². The van der Waals surface area contributed by atoms with Gasteiger partial charge in [-0.25, -0.2) is 9.78 Å². The molecule has 1 aliphatic rings. The van der Waals surface area contributed by atoms with Crippen LogP contribution in [0.2, 0.25) is 0 Å². The third-order valence-corrected chi connectivity index (χ3v) is 13.5. The molecule has 1 saturated heterocycles. The molecule has 5 rings (SSSR count). The molecule has 2 amide bonds. The minimum Gasteiger partial charge on any atom is -0.487 e. The lowest BCUT2D eigenvalue weighted by atomic mass is 10.00. The van der Waals surface area contributed by atoms with Crippen molar-refractivity contribution in [1.82, 2.24) is 9.88 Å². The first-order chi connectivity index (χ1) is 47.2. The molecule has 0 spiro atoms. The number of rotatable bonds is 27. The van der Waals surface area contributed by atoms with E-state index in [2.05, 4.69) is 77.2 Å². The molecule has 3 aromatic carbocycles. The fourth-order valence-corrected chi connectivity index (χ4v) is 8.68. The molecule has 4 aromatic rings. The number of benzene rings is 3. The van der Waals surface area contributed by atoms with Crippen molar-refractivity contribution in [2.45, 2.75) is 267 Å². The minimum absolute atomic E-state index is 0. The Morgan fingerprint density at radius 2 is 1.05 bits per heavy atom. The van der Waals surface area contributed by atoms with Gasteiger partial charge in [-0.2, -0.15) is 26.3 Å². The molecule has 15 nitrogen and oxygen atoms in total. The summed E-state index contributed by atoms with van der Waals surface area (Å²) in [6, 6.07) is 32.9. The second kappa shape index (κ2) is 60.5. The summed E-state index contributed by atoms with van der Waals surface area (Å²) in [5.74, 6) is 3.77. The lowest BCUT2D eigenvalue weighted by Gasteiger charge is -2.16. The Morgan fingerprint density at radius 1 is 0.563 bits per heavy atom. The predicted molar refractivity (Wildman–Crippen MR) is 405 cm³/mol. The van der Waals surface area contributed by atoms with Crippen LogP contribution in [-0.4, -0.2) is 112 Å². The third-order valence-electron chi connectivity index (χ3n) is 13.5. The Labute approximate surface area is 616 Å². The van der Waals surface area contributed by atoms with Crippen LogP contribution in [-0.2, 0) is 52.9 Å². The first kappa shape index (κ1) is 105. The maximum atomic E-state index is 11.6. The van der Waals surface area contributed by atoms with Gasteiger partial charge >= 0.3 is 24.3 Å². The topological polar surface area (TPSA) is 233 Å². The van der Waals surface area contributed by atoms with E-state index in [1.807, 2.05) is 153 Å². The SMILES string of the molecule is C.CC(C)C(O)c1ccccc1.CC(C)CC(=O)CCC(F)(F)F.CC(C)CC(=O)Cc1ccccc1.CC(C)CC(=O)N1CCCC1.CC(C)CC(=O)OC(C)C.CC(C)CC(N)=O.CC(C)CC(O)C(F)(F)F.CC(C)CCO.COC(=O)c1cccc(COc2ccc(CC(C)C)cc2)n1. The van der Waals surface area contributed by atoms with E-state index in [-0.39, 0.29) is 80.0 Å². The number of Topliss-reactive ketones (excluding diaryl/α,β-unsaturated/α-hetero) is 2. The highest BCUT2D eigenvalue weighted by atomic mass is 19.4. The van der Waals surface area contributed by atoms with Crippen LogP contribution in [0.3, 0.4) is 0 Å². The number of amides is 2. The number of methoxy groups -OCH3 is 1. The number of primary amides is 1. The second-order valence-electron chi connectivity index (χ2n) is 29.2. The number of alkyl halides is 6. The first-order valence-electron chi connectivity index (χ1n) is 36.0. The summed E-state index contributed by atoms with van der Waals surface area (Å²) in [6.07, 6.45) is -5.05. The Morgan fingerprint density at radius 3 is 1.42 bits per heavy atom. The second-order valence-corrected chi connectivity index (χ2v) is 29.2. The molecule has 5 N–H and O–H groups in total. The summed E-state index contributed by atoms with van der Waals surface area (Å²) in [4.78, 5) is 72.1. The number of esters is 2. The van der Waals surface area contributed by atoms with Crippen molar-refractivity contribution in [1.29, 1.82) is 0 Å². The number of halogens is 6. The molecule has 0 bridgehead atoms. The molecule has 2 unspecified atom stereocenters. The molecule has 103 heavy (non-hydrogen) atoms. The molecule has 0 aliphatic carbocycles. The van der Waals surface area contributed by atoms with Gasteiger partial charge in [-0.3, -0.25) is 24.0 Å². The van der Waals surface area contributed by atoms with Gasteiger partial charge in [0.25, 0.3) is 0 Å². The van der Waals surface area contributed by atoms with E-state index in [0.29, 0.717) is 91.8 Å². The van der Waals surface area contributed by atoms with Crippen molar-refractivity contribution in [2.75, 3.05) is 26.8 Å². The predicted octanol–water partition coefficient (Wildman–Crippen LogP) is 19.6. The number of hydrogen-bond donors (Lipinski definition) is 4. The average molecular weight is 1470 g/mol. The van der Waals surface area contributed by atoms with Gasteiger partial charge in [0.05, 0.1) is 31.4 Å². The Kier molecular flexibility index (Phi) is 61.7. The summed E-state index contributed by atoms with van der Waals surface area (Å²) in [6.45, 7) is 42.1. The number of nitrogens with two attached hydrogens (primary N) is 1. The minimum atomic E-state index is -4.45. The van der Waals surface area contributed by atoms with Crippen molar-refractivity contribution in [2.24, 2.45) is 59.0 Å². The number of ketones is 2. The highest BCUT2D eigenvalue weighted by molar-refractivity contribution is 5.87. The highest BCUT2D eigenvalue weighted by Gasteiger charge is 2.38. The average Bonchev–Trinajstić information content (AvgIpc) is 1.44. The number of likely N-dealkylation sites (tertiary alicyclic amines) is 1. The number of carbonyl (C=O) groups excluding carboxylic acids is 6. The molecular formula is C82H135F6N3O12. The summed E-state index contributed by atoms with van der Waals surface area (Å²) >= 11 is 0. The molecule has 2 heterocycles. The lowest BCUT2D eigenvalue weighted by Crippen LogP contribution is -2.29. The fourth-order valence-electron chi connectivity index (χ4n) is 8.68. The maximum Gasteiger partial charge on any atom is 0.414 e. The number of carbonyl (C=O) groups is 6. The quantitative estimate of drug-likeness (QED) is 0.0322. The van der Waals surface area contributed by atoms with Crippen molar-refractivity contribution in [3.8, 4) is 5.75 Å². The van der Waals surface area contributed by atoms with Gasteiger partial charge in [-0.05, 0) is 140 Å². The number of nitrogens with zero attached hydrogens (tertiary/aromatic N) is 2. The molecular weight excluding hydrogens is 1330 g/mol. The largest absolute Gasteiger partial charge is 0.487 e. The Balaban J connectivity index is -0.000000358. The van der Waals surface area contributed by atoms with Crippen LogP contribution in [0, 0.1) is 53.3 Å². The lowest BCUT2D eigenvalue weighted by molar-refractivity contribution is -0.207. The van der Waals surface area contributed by atoms with Crippen molar-refractivity contribution in [3.05, 3.63) is 131 Å². The van der Waals surface area contributed by atoms with Crippen LogP contribution in [0.25, 0.3) is 0 Å². The van der Waals surface area contributed by atoms with E-state index in [4.69, 9.17) is 25.4 Å². The van der Waals surface area contributed by atoms with E-state index < -0.39 is 30.8 Å². The van der Waals surface area contributed by atoms with Gasteiger partial charge < -0.3 is 40.2 Å². The molecule has 0 saturated carbocycles. The molecule has 0 radical (unpaired) electrons. The van der Waals surface area contributed by atoms with Gasteiger partial charge in [0.1, 0.15) is 35.7 Å². The molecule has 592 valence electrons. The number of aromatic nitrogens is 1. The molecule has 1 aromatic heterocycles. The monoisotopic (exact) mass is 1470 g/mol.